The van der Waals surface area contributed by atoms with Crippen molar-refractivity contribution in [3.8, 4) is 0 Å². The smallest absolute Gasteiger partial charge is 0.220 e. The normalized spacial score (nSPS) is 10.4. The molecule has 3 heteroatoms. The van der Waals surface area contributed by atoms with Crippen molar-refractivity contribution >= 4 is 17.7 Å². The molecular weight excluding hydrogens is 290 g/mol. The highest BCUT2D eigenvalue weighted by Crippen LogP contribution is 2.18. The molecular formula is C19H23NOS. The van der Waals surface area contributed by atoms with Gasteiger partial charge in [0.2, 0.25) is 5.91 Å². The molecule has 0 saturated heterocycles. The third-order valence-electron chi connectivity index (χ3n) is 3.39. The summed E-state index contributed by atoms with van der Waals surface area (Å²) in [5.41, 5.74) is 1.15. The van der Waals surface area contributed by atoms with Gasteiger partial charge in [0.1, 0.15) is 0 Å². The van der Waals surface area contributed by atoms with Gasteiger partial charge in [0, 0.05) is 17.9 Å². The predicted octanol–water partition coefficient (Wildman–Crippen LogP) is 4.66. The van der Waals surface area contributed by atoms with Crippen LogP contribution in [-0.4, -0.2) is 11.7 Å². The number of rotatable bonds is 9. The first-order valence-electron chi connectivity index (χ1n) is 7.83. The van der Waals surface area contributed by atoms with Crippen LogP contribution in [0, 0.1) is 0 Å². The molecule has 0 atom stereocenters. The summed E-state index contributed by atoms with van der Waals surface area (Å²) in [6.07, 6.45) is 3.86. The van der Waals surface area contributed by atoms with Gasteiger partial charge >= 0.3 is 0 Å². The van der Waals surface area contributed by atoms with Crippen molar-refractivity contribution in [1.82, 2.24) is 5.32 Å². The van der Waals surface area contributed by atoms with E-state index in [1.807, 2.05) is 48.2 Å². The maximum absolute atomic E-state index is 11.8. The summed E-state index contributed by atoms with van der Waals surface area (Å²) in [5.74, 6) is 1.27. The molecule has 2 aromatic carbocycles. The molecule has 0 radical (unpaired) electrons. The molecule has 0 spiro atoms. The molecule has 2 nitrogen and oxygen atoms in total. The monoisotopic (exact) mass is 313 g/mol. The predicted molar refractivity (Wildman–Crippen MR) is 93.9 cm³/mol. The van der Waals surface area contributed by atoms with Crippen LogP contribution in [0.25, 0.3) is 0 Å². The lowest BCUT2D eigenvalue weighted by Gasteiger charge is -2.05. The summed E-state index contributed by atoms with van der Waals surface area (Å²) < 4.78 is 0. The Kier molecular flexibility index (Phi) is 7.61. The molecule has 0 unspecified atom stereocenters. The molecule has 1 amide bonds. The molecule has 0 aliphatic heterocycles. The minimum absolute atomic E-state index is 0.152. The first-order valence-corrected chi connectivity index (χ1v) is 8.81. The Labute approximate surface area is 137 Å². The number of hydrogen-bond donors (Lipinski definition) is 1. The van der Waals surface area contributed by atoms with Gasteiger partial charge in [0.25, 0.3) is 0 Å². The number of unbranched alkanes of at least 4 members (excludes halogenated alkanes) is 2. The van der Waals surface area contributed by atoms with Crippen LogP contribution >= 0.6 is 11.8 Å². The van der Waals surface area contributed by atoms with Crippen LogP contribution in [0.2, 0.25) is 0 Å². The minimum Gasteiger partial charge on any atom is -0.352 e. The van der Waals surface area contributed by atoms with Gasteiger partial charge in [-0.25, -0.2) is 0 Å². The molecule has 116 valence electrons. The van der Waals surface area contributed by atoms with Crippen LogP contribution in [0.1, 0.15) is 31.2 Å². The Morgan fingerprint density at radius 1 is 0.864 bits per heavy atom. The van der Waals surface area contributed by atoms with Gasteiger partial charge in [-0.1, -0.05) is 55.0 Å². The zero-order valence-corrected chi connectivity index (χ0v) is 13.6. The van der Waals surface area contributed by atoms with E-state index in [1.54, 1.807) is 0 Å². The molecule has 0 heterocycles. The second kappa shape index (κ2) is 10.1. The molecule has 2 rings (SSSR count). The third kappa shape index (κ3) is 6.81. The van der Waals surface area contributed by atoms with Gasteiger partial charge in [0.05, 0.1) is 0 Å². The lowest BCUT2D eigenvalue weighted by Crippen LogP contribution is -2.22. The number of benzene rings is 2. The van der Waals surface area contributed by atoms with E-state index in [0.29, 0.717) is 13.0 Å². The van der Waals surface area contributed by atoms with Crippen LogP contribution in [0.4, 0.5) is 0 Å². The van der Waals surface area contributed by atoms with Crippen LogP contribution in [0.5, 0.6) is 0 Å². The van der Waals surface area contributed by atoms with Gasteiger partial charge in [-0.2, -0.15) is 0 Å². The van der Waals surface area contributed by atoms with Gasteiger partial charge in [0.15, 0.2) is 0 Å². The number of amides is 1. The SMILES string of the molecule is O=C(CCCCCSc1ccccc1)NCc1ccccc1. The van der Waals surface area contributed by atoms with E-state index in [2.05, 4.69) is 29.6 Å². The van der Waals surface area contributed by atoms with Gasteiger partial charge in [-0.15, -0.1) is 11.8 Å². The van der Waals surface area contributed by atoms with Crippen molar-refractivity contribution in [1.29, 1.82) is 0 Å². The van der Waals surface area contributed by atoms with E-state index >= 15 is 0 Å². The molecule has 0 aliphatic rings. The second-order valence-electron chi connectivity index (χ2n) is 5.23. The fourth-order valence-corrected chi connectivity index (χ4v) is 3.09. The molecule has 2 aromatic rings. The summed E-state index contributed by atoms with van der Waals surface area (Å²) in [4.78, 5) is 13.1. The standard InChI is InChI=1S/C19H23NOS/c21-19(20-16-17-10-4-1-5-11-17)14-8-3-9-15-22-18-12-6-2-7-13-18/h1-2,4-7,10-13H,3,8-9,14-16H2,(H,20,21). The number of carbonyl (C=O) groups excluding carboxylic acids is 1. The maximum Gasteiger partial charge on any atom is 0.220 e. The fraction of sp³-hybridized carbons (Fsp3) is 0.316. The first kappa shape index (κ1) is 16.6. The highest BCUT2D eigenvalue weighted by Gasteiger charge is 2.01. The van der Waals surface area contributed by atoms with Crippen molar-refractivity contribution < 1.29 is 4.79 Å². The van der Waals surface area contributed by atoms with Crippen molar-refractivity contribution in [2.24, 2.45) is 0 Å². The van der Waals surface area contributed by atoms with E-state index in [9.17, 15) is 4.79 Å². The number of nitrogens with one attached hydrogen (secondary N) is 1. The zero-order valence-electron chi connectivity index (χ0n) is 12.8. The fourth-order valence-electron chi connectivity index (χ4n) is 2.16. The summed E-state index contributed by atoms with van der Waals surface area (Å²) in [5, 5.41) is 2.97. The topological polar surface area (TPSA) is 29.1 Å². The van der Waals surface area contributed by atoms with Crippen molar-refractivity contribution in [2.75, 3.05) is 5.75 Å². The summed E-state index contributed by atoms with van der Waals surface area (Å²) in [7, 11) is 0. The molecule has 0 saturated carbocycles. The molecule has 0 fully saturated rings. The van der Waals surface area contributed by atoms with E-state index in [4.69, 9.17) is 0 Å². The average Bonchev–Trinajstić information content (AvgIpc) is 2.58. The Hall–Kier alpha value is -1.74. The van der Waals surface area contributed by atoms with Crippen LogP contribution < -0.4 is 5.32 Å². The summed E-state index contributed by atoms with van der Waals surface area (Å²) in [6, 6.07) is 20.5. The van der Waals surface area contributed by atoms with Crippen LogP contribution in [-0.2, 0) is 11.3 Å². The maximum atomic E-state index is 11.8. The third-order valence-corrected chi connectivity index (χ3v) is 4.49. The number of carbonyl (C=O) groups is 1. The average molecular weight is 313 g/mol. The largest absolute Gasteiger partial charge is 0.352 e. The molecule has 0 aromatic heterocycles. The van der Waals surface area contributed by atoms with E-state index in [-0.39, 0.29) is 5.91 Å². The highest BCUT2D eigenvalue weighted by atomic mass is 32.2. The molecule has 0 aliphatic carbocycles. The Bertz CT molecular complexity index is 542. The number of thioether (sulfide) groups is 1. The molecule has 22 heavy (non-hydrogen) atoms. The zero-order chi connectivity index (χ0) is 15.5. The molecule has 1 N–H and O–H groups in total. The quantitative estimate of drug-likeness (QED) is 0.539. The number of hydrogen-bond acceptors (Lipinski definition) is 2. The summed E-state index contributed by atoms with van der Waals surface area (Å²) in [6.45, 7) is 0.629. The van der Waals surface area contributed by atoms with Crippen molar-refractivity contribution in [3.05, 3.63) is 66.2 Å². The minimum atomic E-state index is 0.152. The van der Waals surface area contributed by atoms with Crippen LogP contribution in [0.15, 0.2) is 65.6 Å². The van der Waals surface area contributed by atoms with Crippen LogP contribution in [0.3, 0.4) is 0 Å². The highest BCUT2D eigenvalue weighted by molar-refractivity contribution is 7.99. The van der Waals surface area contributed by atoms with Crippen molar-refractivity contribution in [3.63, 3.8) is 0 Å². The lowest BCUT2D eigenvalue weighted by atomic mass is 10.2. The van der Waals surface area contributed by atoms with Gasteiger partial charge in [-0.3, -0.25) is 4.79 Å². The van der Waals surface area contributed by atoms with E-state index < -0.39 is 0 Å². The van der Waals surface area contributed by atoms with Crippen molar-refractivity contribution in [2.45, 2.75) is 37.1 Å². The Morgan fingerprint density at radius 3 is 2.27 bits per heavy atom. The Balaban J connectivity index is 1.49. The second-order valence-corrected chi connectivity index (χ2v) is 6.40. The van der Waals surface area contributed by atoms with Gasteiger partial charge in [-0.05, 0) is 36.3 Å². The molecule has 0 bridgehead atoms. The Morgan fingerprint density at radius 2 is 1.55 bits per heavy atom. The van der Waals surface area contributed by atoms with Gasteiger partial charge < -0.3 is 5.32 Å². The summed E-state index contributed by atoms with van der Waals surface area (Å²) >= 11 is 1.89. The van der Waals surface area contributed by atoms with E-state index in [1.165, 1.54) is 4.90 Å². The first-order chi connectivity index (χ1) is 10.8. The lowest BCUT2D eigenvalue weighted by molar-refractivity contribution is -0.121. The van der Waals surface area contributed by atoms with E-state index in [0.717, 1.165) is 30.6 Å².